The summed E-state index contributed by atoms with van der Waals surface area (Å²) in [4.78, 5) is 3.07. The van der Waals surface area contributed by atoms with Crippen molar-refractivity contribution < 1.29 is 43.0 Å². The van der Waals surface area contributed by atoms with Crippen molar-refractivity contribution in [3.05, 3.63) is 0 Å². The first kappa shape index (κ1) is 13.5. The molecule has 0 bridgehead atoms. The third-order valence-electron chi connectivity index (χ3n) is 3.48. The third kappa shape index (κ3) is 2.77. The highest BCUT2D eigenvalue weighted by Crippen LogP contribution is 2.10. The Morgan fingerprint density at radius 2 is 1.13 bits per heavy atom. The molecule has 0 saturated carbocycles. The standard InChI is InChI=1S/C8H14N2O2S.2ClH/c11-13(12)5-7(9-1-2-9)8(6-13)10-3-4-10;;/h7-8H,1-6H2;2*1H. The van der Waals surface area contributed by atoms with Crippen LogP contribution in [0.3, 0.4) is 0 Å². The van der Waals surface area contributed by atoms with Crippen LogP contribution in [0.5, 0.6) is 0 Å². The largest absolute Gasteiger partial charge is 1.00 e. The minimum atomic E-state index is -2.70. The van der Waals surface area contributed by atoms with Crippen molar-refractivity contribution in [3.8, 4) is 0 Å². The van der Waals surface area contributed by atoms with Crippen molar-refractivity contribution in [2.75, 3.05) is 37.7 Å². The second kappa shape index (κ2) is 4.37. The number of quaternary nitrogens is 2. The Bertz CT molecular complexity index is 302. The van der Waals surface area contributed by atoms with Gasteiger partial charge >= 0.3 is 0 Å². The molecule has 2 unspecified atom stereocenters. The van der Waals surface area contributed by atoms with Gasteiger partial charge in [-0.05, 0) is 0 Å². The zero-order valence-electron chi connectivity index (χ0n) is 8.38. The van der Waals surface area contributed by atoms with Gasteiger partial charge in [0.05, 0.1) is 0 Å². The molecular formula is C8H16Cl2N2O2S. The van der Waals surface area contributed by atoms with Gasteiger partial charge in [0.2, 0.25) is 0 Å². The molecule has 4 nitrogen and oxygen atoms in total. The minimum absolute atomic E-state index is 0. The molecule has 3 rings (SSSR count). The number of hydrogen-bond donors (Lipinski definition) is 2. The summed E-state index contributed by atoms with van der Waals surface area (Å²) < 4.78 is 23.0. The van der Waals surface area contributed by atoms with Crippen molar-refractivity contribution in [1.82, 2.24) is 0 Å². The summed E-state index contributed by atoms with van der Waals surface area (Å²) in [5.74, 6) is 0.910. The summed E-state index contributed by atoms with van der Waals surface area (Å²) in [6.45, 7) is 4.79. The molecule has 0 radical (unpaired) electrons. The lowest BCUT2D eigenvalue weighted by Gasteiger charge is -2.13. The normalized spacial score (nSPS) is 37.9. The predicted octanol–water partition coefficient (Wildman–Crippen LogP) is -10.0. The average Bonchev–Trinajstić information content (AvgIpc) is 2.90. The third-order valence-corrected chi connectivity index (χ3v) is 5.21. The fourth-order valence-corrected chi connectivity index (χ4v) is 4.70. The number of rotatable bonds is 2. The van der Waals surface area contributed by atoms with Crippen molar-refractivity contribution in [2.45, 2.75) is 12.1 Å². The maximum atomic E-state index is 11.5. The molecule has 0 amide bonds. The lowest BCUT2D eigenvalue weighted by atomic mass is 10.2. The van der Waals surface area contributed by atoms with Gasteiger partial charge in [-0.1, -0.05) is 0 Å². The van der Waals surface area contributed by atoms with E-state index in [0.717, 1.165) is 0 Å². The van der Waals surface area contributed by atoms with E-state index in [9.17, 15) is 8.42 Å². The number of hydrogen-bond acceptors (Lipinski definition) is 2. The van der Waals surface area contributed by atoms with Gasteiger partial charge in [0.25, 0.3) is 0 Å². The molecule has 2 N–H and O–H groups in total. The Hall–Kier alpha value is 0.450. The van der Waals surface area contributed by atoms with E-state index < -0.39 is 9.84 Å². The minimum Gasteiger partial charge on any atom is -1.00 e. The first-order chi connectivity index (χ1) is 6.16. The number of halogens is 2. The second-order valence-electron chi connectivity index (χ2n) is 4.61. The number of sulfone groups is 1. The molecule has 3 heterocycles. The highest BCUT2D eigenvalue weighted by molar-refractivity contribution is 7.91. The lowest BCUT2D eigenvalue weighted by molar-refractivity contribution is -0.864. The van der Waals surface area contributed by atoms with Crippen molar-refractivity contribution in [3.63, 3.8) is 0 Å². The van der Waals surface area contributed by atoms with Gasteiger partial charge in [0.1, 0.15) is 37.7 Å². The molecular weight excluding hydrogens is 259 g/mol. The highest BCUT2D eigenvalue weighted by atomic mass is 35.5. The summed E-state index contributed by atoms with van der Waals surface area (Å²) in [7, 11) is -2.70. The maximum absolute atomic E-state index is 11.5. The molecule has 2 atom stereocenters. The van der Waals surface area contributed by atoms with Gasteiger partial charge in [-0.15, -0.1) is 0 Å². The molecule has 3 aliphatic rings. The van der Waals surface area contributed by atoms with Gasteiger partial charge in [0.15, 0.2) is 21.9 Å². The van der Waals surface area contributed by atoms with Crippen LogP contribution in [-0.4, -0.2) is 58.2 Å². The molecule has 3 saturated heterocycles. The Kier molecular flexibility index (Phi) is 3.94. The molecule has 90 valence electrons. The van der Waals surface area contributed by atoms with Crippen molar-refractivity contribution in [2.24, 2.45) is 0 Å². The Labute approximate surface area is 103 Å². The smallest absolute Gasteiger partial charge is 0.162 e. The lowest BCUT2D eigenvalue weighted by Crippen LogP contribution is -3.10. The van der Waals surface area contributed by atoms with E-state index in [1.54, 1.807) is 0 Å². The summed E-state index contributed by atoms with van der Waals surface area (Å²) in [5, 5.41) is 0. The molecule has 0 aromatic rings. The van der Waals surface area contributed by atoms with E-state index >= 15 is 0 Å². The monoisotopic (exact) mass is 274 g/mol. The Morgan fingerprint density at radius 3 is 1.40 bits per heavy atom. The van der Waals surface area contributed by atoms with E-state index in [2.05, 4.69) is 0 Å². The zero-order chi connectivity index (χ0) is 9.05. The SMILES string of the molecule is O=S1(=O)CC([NH+]2CC2)C([NH+]2CC2)C1.[Cl-].[Cl-]. The fraction of sp³-hybridized carbons (Fsp3) is 1.00. The Morgan fingerprint density at radius 1 is 0.800 bits per heavy atom. The van der Waals surface area contributed by atoms with Gasteiger partial charge in [-0.2, -0.15) is 0 Å². The summed E-state index contributed by atoms with van der Waals surface area (Å²) >= 11 is 0. The summed E-state index contributed by atoms with van der Waals surface area (Å²) in [5.41, 5.74) is 0. The van der Waals surface area contributed by atoms with Crippen LogP contribution in [0.25, 0.3) is 0 Å². The molecule has 0 aromatic heterocycles. The molecule has 3 aliphatic heterocycles. The summed E-state index contributed by atoms with van der Waals surface area (Å²) in [6.07, 6.45) is 0. The topological polar surface area (TPSA) is 43.0 Å². The van der Waals surface area contributed by atoms with E-state index in [0.29, 0.717) is 23.6 Å². The van der Waals surface area contributed by atoms with Gasteiger partial charge < -0.3 is 34.6 Å². The fourth-order valence-electron chi connectivity index (χ4n) is 2.54. The predicted molar refractivity (Wildman–Crippen MR) is 47.6 cm³/mol. The van der Waals surface area contributed by atoms with Crippen LogP contribution in [0, 0.1) is 0 Å². The van der Waals surface area contributed by atoms with Crippen LogP contribution in [0.1, 0.15) is 0 Å². The van der Waals surface area contributed by atoms with E-state index in [-0.39, 0.29) is 24.8 Å². The molecule has 0 aliphatic carbocycles. The zero-order valence-corrected chi connectivity index (χ0v) is 10.7. The first-order valence-corrected chi connectivity index (χ1v) is 6.87. The van der Waals surface area contributed by atoms with Gasteiger partial charge in [0, 0.05) is 0 Å². The molecule has 7 heteroatoms. The van der Waals surface area contributed by atoms with Crippen LogP contribution < -0.4 is 34.6 Å². The van der Waals surface area contributed by atoms with E-state index in [4.69, 9.17) is 0 Å². The molecule has 0 spiro atoms. The molecule has 0 aromatic carbocycles. The van der Waals surface area contributed by atoms with Crippen molar-refractivity contribution in [1.29, 1.82) is 0 Å². The quantitative estimate of drug-likeness (QED) is 0.492. The van der Waals surface area contributed by atoms with Crippen LogP contribution in [-0.2, 0) is 9.84 Å². The summed E-state index contributed by atoms with van der Waals surface area (Å²) in [6, 6.07) is 0.866. The van der Waals surface area contributed by atoms with Crippen molar-refractivity contribution >= 4 is 9.84 Å². The van der Waals surface area contributed by atoms with Gasteiger partial charge in [-0.25, -0.2) is 8.42 Å². The van der Waals surface area contributed by atoms with Crippen LogP contribution in [0.4, 0.5) is 0 Å². The number of nitrogens with one attached hydrogen (secondary N) is 2. The maximum Gasteiger partial charge on any atom is 0.162 e. The highest BCUT2D eigenvalue weighted by Gasteiger charge is 2.55. The Balaban J connectivity index is 0.000000562. The molecule has 3 fully saturated rings. The first-order valence-electron chi connectivity index (χ1n) is 5.05. The van der Waals surface area contributed by atoms with Crippen LogP contribution in [0.2, 0.25) is 0 Å². The van der Waals surface area contributed by atoms with Crippen LogP contribution in [0.15, 0.2) is 0 Å². The van der Waals surface area contributed by atoms with Gasteiger partial charge in [-0.3, -0.25) is 0 Å². The van der Waals surface area contributed by atoms with E-state index in [1.807, 2.05) is 0 Å². The molecule has 15 heavy (non-hydrogen) atoms. The average molecular weight is 275 g/mol. The van der Waals surface area contributed by atoms with Crippen LogP contribution >= 0.6 is 0 Å². The second-order valence-corrected chi connectivity index (χ2v) is 6.76. The van der Waals surface area contributed by atoms with E-state index in [1.165, 1.54) is 36.0 Å².